The van der Waals surface area contributed by atoms with E-state index in [0.29, 0.717) is 104 Å². The maximum Gasteiger partial charge on any atom is 0.217 e. The first-order valence-electron chi connectivity index (χ1n) is 13.5. The van der Waals surface area contributed by atoms with Crippen LogP contribution >= 0.6 is 47.8 Å². The highest BCUT2D eigenvalue weighted by Gasteiger charge is 2.48. The lowest BCUT2D eigenvalue weighted by Crippen LogP contribution is -2.35. The fraction of sp³-hybridized carbons (Fsp3) is 0.226. The number of hydrogen-bond donors (Lipinski definition) is 0. The van der Waals surface area contributed by atoms with Crippen LogP contribution < -0.4 is 0 Å². The minimum atomic E-state index is -0.494. The molecule has 0 fully saturated rings. The lowest BCUT2D eigenvalue weighted by atomic mass is 9.61. The molecule has 0 saturated heterocycles. The molecule has 3 aliphatic heterocycles. The monoisotopic (exact) mass is 763 g/mol. The molecule has 3 atom stereocenters. The van der Waals surface area contributed by atoms with Crippen LogP contribution in [-0.2, 0) is 14.2 Å². The van der Waals surface area contributed by atoms with Crippen LogP contribution in [0.3, 0.4) is 0 Å². The highest BCUT2D eigenvalue weighted by Crippen LogP contribution is 2.53. The van der Waals surface area contributed by atoms with Crippen LogP contribution in [0.2, 0.25) is 0 Å². The van der Waals surface area contributed by atoms with Gasteiger partial charge >= 0.3 is 0 Å². The molecule has 0 radical (unpaired) electrons. The Morgan fingerprint density at radius 3 is 0.953 bits per heavy atom. The van der Waals surface area contributed by atoms with E-state index in [1.807, 2.05) is 0 Å². The topological polar surface area (TPSA) is 116 Å². The second-order valence-corrected chi connectivity index (χ2v) is 14.1. The molecule has 9 rings (SSSR count). The fourth-order valence-corrected chi connectivity index (χ4v) is 7.74. The number of halogens is 3. The number of aliphatic imine (C=N–C) groups is 3. The molecule has 3 aromatic rings. The Morgan fingerprint density at radius 2 is 0.744 bits per heavy atom. The van der Waals surface area contributed by atoms with Crippen LogP contribution in [0.1, 0.15) is 87.1 Å². The number of rotatable bonds is 3. The third-order valence-corrected chi connectivity index (χ3v) is 9.87. The molecule has 0 saturated carbocycles. The van der Waals surface area contributed by atoms with Crippen molar-refractivity contribution in [3.63, 3.8) is 0 Å². The Hall–Kier alpha value is -3.48. The zero-order valence-electron chi connectivity index (χ0n) is 21.8. The number of ketones is 3. The Labute approximate surface area is 268 Å². The van der Waals surface area contributed by atoms with Crippen molar-refractivity contribution in [2.75, 3.05) is 19.8 Å². The summed E-state index contributed by atoms with van der Waals surface area (Å²) in [5.41, 5.74) is 5.77. The van der Waals surface area contributed by atoms with Gasteiger partial charge in [-0.25, -0.2) is 15.0 Å². The van der Waals surface area contributed by atoms with Crippen molar-refractivity contribution in [2.45, 2.75) is 20.8 Å². The first kappa shape index (κ1) is 26.0. The molecule has 212 valence electrons. The number of alkyl halides is 3. The van der Waals surface area contributed by atoms with Gasteiger partial charge < -0.3 is 14.2 Å². The molecular weight excluding hydrogens is 750 g/mol. The van der Waals surface area contributed by atoms with Gasteiger partial charge in [-0.3, -0.25) is 14.4 Å². The summed E-state index contributed by atoms with van der Waals surface area (Å²) in [5.74, 6) is -0.268. The van der Waals surface area contributed by atoms with Gasteiger partial charge in [-0.15, -0.1) is 0 Å². The van der Waals surface area contributed by atoms with E-state index in [1.54, 1.807) is 36.4 Å². The van der Waals surface area contributed by atoms with E-state index in [4.69, 9.17) is 14.2 Å². The van der Waals surface area contributed by atoms with Gasteiger partial charge in [0.1, 0.15) is 34.7 Å². The van der Waals surface area contributed by atoms with E-state index in [1.165, 1.54) is 0 Å². The van der Waals surface area contributed by atoms with E-state index < -0.39 is 5.92 Å². The maximum absolute atomic E-state index is 14.3. The van der Waals surface area contributed by atoms with Crippen molar-refractivity contribution < 1.29 is 28.6 Å². The van der Waals surface area contributed by atoms with Crippen molar-refractivity contribution in [2.24, 2.45) is 15.0 Å². The Bertz CT molecular complexity index is 1710. The number of ether oxygens (including phenoxy) is 3. The minimum absolute atomic E-state index is 0.224. The second-order valence-electron chi connectivity index (χ2n) is 10.9. The van der Waals surface area contributed by atoms with Crippen LogP contribution in [0.5, 0.6) is 0 Å². The maximum atomic E-state index is 14.3. The van der Waals surface area contributed by atoms with Crippen molar-refractivity contribution >= 4 is 82.8 Å². The third-order valence-electron chi connectivity index (χ3n) is 8.46. The minimum Gasteiger partial charge on any atom is -0.474 e. The summed E-state index contributed by atoms with van der Waals surface area (Å²) >= 11 is 10.4. The summed E-state index contributed by atoms with van der Waals surface area (Å²) in [6.07, 6.45) is 0. The standard InChI is InChI=1S/C31H16Br3N3O6/c32-19-7-41-29(35-19)10-1-13-22-14(2-10)27(39)17-5-12(31-37-21(34)9-43-31)6-18-24(17)25(22)23-15(26(13)38)3-11(4-16(23)28(18)40)30-36-20(33)8-42-30/h1-6,19-21,25H,7-9H2. The van der Waals surface area contributed by atoms with Crippen molar-refractivity contribution in [1.82, 2.24) is 0 Å². The van der Waals surface area contributed by atoms with Crippen molar-refractivity contribution in [3.05, 3.63) is 103 Å². The third kappa shape index (κ3) is 3.60. The van der Waals surface area contributed by atoms with Gasteiger partial charge in [0.15, 0.2) is 17.3 Å². The number of nitrogens with zero attached hydrogens (tertiary/aromatic N) is 3. The SMILES string of the molecule is O=C1c2cc(C3=NC(Br)CO3)cc3c2C2c4c1cc(C1=NC(Br)CO1)cc4C(=O)c1cc(C4=NC(Br)CO4)cc(c12)C3=O. The molecular formula is C31H16Br3N3O6. The molecule has 6 aliphatic rings. The van der Waals surface area contributed by atoms with Gasteiger partial charge in [0, 0.05) is 56.0 Å². The van der Waals surface area contributed by atoms with E-state index >= 15 is 0 Å². The summed E-state index contributed by atoms with van der Waals surface area (Å²) in [4.78, 5) is 55.8. The average molecular weight is 766 g/mol. The summed E-state index contributed by atoms with van der Waals surface area (Å²) in [5, 5.41) is 0. The lowest BCUT2D eigenvalue weighted by molar-refractivity contribution is 0.102. The molecule has 3 aliphatic carbocycles. The van der Waals surface area contributed by atoms with Crippen molar-refractivity contribution in [1.29, 1.82) is 0 Å². The zero-order chi connectivity index (χ0) is 29.3. The highest BCUT2D eigenvalue weighted by atomic mass is 79.9. The molecule has 0 spiro atoms. The first-order valence-corrected chi connectivity index (χ1v) is 16.2. The first-order chi connectivity index (χ1) is 20.8. The van der Waals surface area contributed by atoms with Gasteiger partial charge in [0.25, 0.3) is 0 Å². The van der Waals surface area contributed by atoms with Gasteiger partial charge in [-0.2, -0.15) is 0 Å². The van der Waals surface area contributed by atoms with Crippen LogP contribution in [0, 0.1) is 0 Å². The predicted octanol–water partition coefficient (Wildman–Crippen LogP) is 4.99. The molecule has 9 nitrogen and oxygen atoms in total. The number of hydrogen-bond acceptors (Lipinski definition) is 9. The van der Waals surface area contributed by atoms with E-state index in [-0.39, 0.29) is 32.2 Å². The largest absolute Gasteiger partial charge is 0.474 e. The summed E-state index contributed by atoms with van der Waals surface area (Å²) in [6, 6.07) is 10.5. The van der Waals surface area contributed by atoms with Gasteiger partial charge in [0.2, 0.25) is 17.7 Å². The molecule has 12 heteroatoms. The number of carbonyl (C=O) groups is 3. The molecule has 0 bridgehead atoms. The van der Waals surface area contributed by atoms with Gasteiger partial charge in [0.05, 0.1) is 0 Å². The van der Waals surface area contributed by atoms with E-state index in [9.17, 15) is 14.4 Å². The number of benzene rings is 3. The average Bonchev–Trinajstić information content (AvgIpc) is 3.76. The smallest absolute Gasteiger partial charge is 0.217 e. The molecule has 0 amide bonds. The van der Waals surface area contributed by atoms with Gasteiger partial charge in [-0.05, 0) is 53.1 Å². The predicted molar refractivity (Wildman–Crippen MR) is 166 cm³/mol. The van der Waals surface area contributed by atoms with Gasteiger partial charge in [-0.1, -0.05) is 47.8 Å². The Balaban J connectivity index is 1.36. The summed E-state index contributed by atoms with van der Waals surface area (Å²) in [7, 11) is 0. The van der Waals surface area contributed by atoms with Crippen LogP contribution in [0.15, 0.2) is 51.4 Å². The zero-order valence-corrected chi connectivity index (χ0v) is 26.6. The molecule has 0 aromatic heterocycles. The normalized spacial score (nSPS) is 25.5. The Kier molecular flexibility index (Phi) is 5.45. The summed E-state index contributed by atoms with van der Waals surface area (Å²) < 4.78 is 17.4. The molecule has 3 unspecified atom stereocenters. The Morgan fingerprint density at radius 1 is 0.488 bits per heavy atom. The number of carbonyl (C=O) groups excluding carboxylic acids is 3. The lowest BCUT2D eigenvalue weighted by Gasteiger charge is -2.39. The summed E-state index contributed by atoms with van der Waals surface area (Å²) in [6.45, 7) is 1.02. The van der Waals surface area contributed by atoms with E-state index in [2.05, 4.69) is 62.8 Å². The molecule has 0 N–H and O–H groups in total. The van der Waals surface area contributed by atoms with Crippen LogP contribution in [0.4, 0.5) is 0 Å². The molecule has 3 aromatic carbocycles. The van der Waals surface area contributed by atoms with E-state index in [0.717, 1.165) is 0 Å². The van der Waals surface area contributed by atoms with Crippen molar-refractivity contribution in [3.8, 4) is 0 Å². The fourth-order valence-electron chi connectivity index (χ4n) is 6.78. The second kappa shape index (κ2) is 9.02. The van der Waals surface area contributed by atoms with Crippen LogP contribution in [-0.4, -0.2) is 69.7 Å². The molecule has 3 heterocycles. The quantitative estimate of drug-likeness (QED) is 0.185. The van der Waals surface area contributed by atoms with Crippen LogP contribution in [0.25, 0.3) is 0 Å². The highest BCUT2D eigenvalue weighted by molar-refractivity contribution is 9.10. The molecule has 43 heavy (non-hydrogen) atoms.